The predicted octanol–water partition coefficient (Wildman–Crippen LogP) is 0.140. The van der Waals surface area contributed by atoms with Gasteiger partial charge in [-0.1, -0.05) is 5.21 Å². The van der Waals surface area contributed by atoms with Gasteiger partial charge in [-0.3, -0.25) is 4.79 Å². The summed E-state index contributed by atoms with van der Waals surface area (Å²) in [6.07, 6.45) is 4.34. The number of hydrogen-bond donors (Lipinski definition) is 1. The molecule has 0 aliphatic carbocycles. The summed E-state index contributed by atoms with van der Waals surface area (Å²) < 4.78 is 1.53. The Balaban J connectivity index is 1.98. The second kappa shape index (κ2) is 3.88. The van der Waals surface area contributed by atoms with Crippen LogP contribution < -0.4 is 5.32 Å². The SMILES string of the molecule is Cn1nncc1C(=O)CC1CCCN1. The molecule has 0 saturated carbocycles. The number of nitrogens with zero attached hydrogens (tertiary/aromatic N) is 3. The van der Waals surface area contributed by atoms with E-state index < -0.39 is 0 Å². The number of carbonyl (C=O) groups is 1. The van der Waals surface area contributed by atoms with E-state index in [1.54, 1.807) is 7.05 Å². The normalized spacial score (nSPS) is 21.4. The van der Waals surface area contributed by atoms with E-state index in [9.17, 15) is 4.79 Å². The summed E-state index contributed by atoms with van der Waals surface area (Å²) in [7, 11) is 1.74. The fraction of sp³-hybridized carbons (Fsp3) is 0.667. The average molecular weight is 194 g/mol. The predicted molar refractivity (Wildman–Crippen MR) is 51.0 cm³/mol. The molecule has 1 aromatic heterocycles. The maximum atomic E-state index is 11.7. The Morgan fingerprint density at radius 1 is 1.79 bits per heavy atom. The van der Waals surface area contributed by atoms with Crippen LogP contribution in [0.4, 0.5) is 0 Å². The molecule has 1 saturated heterocycles. The second-order valence-electron chi connectivity index (χ2n) is 3.66. The van der Waals surface area contributed by atoms with E-state index in [4.69, 9.17) is 0 Å². The van der Waals surface area contributed by atoms with Gasteiger partial charge in [0.15, 0.2) is 5.78 Å². The van der Waals surface area contributed by atoms with Crippen LogP contribution in [-0.4, -0.2) is 33.4 Å². The molecule has 1 N–H and O–H groups in total. The number of nitrogens with one attached hydrogen (secondary N) is 1. The molecule has 1 aliphatic heterocycles. The van der Waals surface area contributed by atoms with Crippen molar-refractivity contribution in [2.24, 2.45) is 7.05 Å². The molecule has 2 heterocycles. The van der Waals surface area contributed by atoms with Crippen LogP contribution in [0.15, 0.2) is 6.20 Å². The molecule has 76 valence electrons. The van der Waals surface area contributed by atoms with Crippen LogP contribution >= 0.6 is 0 Å². The smallest absolute Gasteiger partial charge is 0.184 e. The summed E-state index contributed by atoms with van der Waals surface area (Å²) in [4.78, 5) is 11.7. The van der Waals surface area contributed by atoms with Gasteiger partial charge >= 0.3 is 0 Å². The number of Topliss-reactive ketones (excluding diaryl/α,β-unsaturated/α-hetero) is 1. The lowest BCUT2D eigenvalue weighted by Gasteiger charge is -2.07. The van der Waals surface area contributed by atoms with E-state index in [1.165, 1.54) is 17.3 Å². The van der Waals surface area contributed by atoms with Crippen molar-refractivity contribution in [1.82, 2.24) is 20.3 Å². The Kier molecular flexibility index (Phi) is 2.58. The molecule has 0 spiro atoms. The lowest BCUT2D eigenvalue weighted by atomic mass is 10.1. The van der Waals surface area contributed by atoms with Crippen LogP contribution in [-0.2, 0) is 7.05 Å². The van der Waals surface area contributed by atoms with Crippen LogP contribution in [0.5, 0.6) is 0 Å². The summed E-state index contributed by atoms with van der Waals surface area (Å²) in [5.41, 5.74) is 0.596. The molecule has 2 rings (SSSR count). The van der Waals surface area contributed by atoms with Gasteiger partial charge in [0.25, 0.3) is 0 Å². The zero-order chi connectivity index (χ0) is 9.97. The van der Waals surface area contributed by atoms with Gasteiger partial charge in [-0.2, -0.15) is 0 Å². The molecule has 1 unspecified atom stereocenters. The van der Waals surface area contributed by atoms with Crippen LogP contribution in [0.3, 0.4) is 0 Å². The minimum atomic E-state index is 0.122. The first-order valence-electron chi connectivity index (χ1n) is 4.88. The first-order chi connectivity index (χ1) is 6.77. The van der Waals surface area contributed by atoms with E-state index in [0.717, 1.165) is 13.0 Å². The molecule has 0 amide bonds. The van der Waals surface area contributed by atoms with Crippen molar-refractivity contribution in [3.05, 3.63) is 11.9 Å². The van der Waals surface area contributed by atoms with Gasteiger partial charge < -0.3 is 5.32 Å². The molecule has 0 bridgehead atoms. The van der Waals surface area contributed by atoms with Crippen LogP contribution in [0, 0.1) is 0 Å². The lowest BCUT2D eigenvalue weighted by molar-refractivity contribution is 0.0962. The number of aromatic nitrogens is 3. The fourth-order valence-corrected chi connectivity index (χ4v) is 1.80. The highest BCUT2D eigenvalue weighted by Gasteiger charge is 2.20. The zero-order valence-corrected chi connectivity index (χ0v) is 8.23. The molecular weight excluding hydrogens is 180 g/mol. The third-order valence-electron chi connectivity index (χ3n) is 2.59. The highest BCUT2D eigenvalue weighted by atomic mass is 16.1. The van der Waals surface area contributed by atoms with Gasteiger partial charge in [0.1, 0.15) is 5.69 Å². The quantitative estimate of drug-likeness (QED) is 0.695. The highest BCUT2D eigenvalue weighted by Crippen LogP contribution is 2.11. The zero-order valence-electron chi connectivity index (χ0n) is 8.23. The maximum absolute atomic E-state index is 11.7. The monoisotopic (exact) mass is 194 g/mol. The number of ketones is 1. The minimum Gasteiger partial charge on any atom is -0.314 e. The number of aryl methyl sites for hydroxylation is 1. The van der Waals surface area contributed by atoms with Gasteiger partial charge in [-0.15, -0.1) is 5.10 Å². The summed E-state index contributed by atoms with van der Waals surface area (Å²) in [5.74, 6) is 0.122. The molecule has 5 heteroatoms. The molecule has 1 fully saturated rings. The average Bonchev–Trinajstić information content (AvgIpc) is 2.75. The van der Waals surface area contributed by atoms with Crippen molar-refractivity contribution in [2.75, 3.05) is 6.54 Å². The Hall–Kier alpha value is -1.23. The summed E-state index contributed by atoms with van der Waals surface area (Å²) in [6.45, 7) is 1.03. The first kappa shape index (κ1) is 9.33. The molecule has 0 radical (unpaired) electrons. The molecule has 0 aromatic carbocycles. The molecule has 1 atom stereocenters. The fourth-order valence-electron chi connectivity index (χ4n) is 1.80. The Morgan fingerprint density at radius 3 is 3.21 bits per heavy atom. The van der Waals surface area contributed by atoms with Gasteiger partial charge in [-0.25, -0.2) is 4.68 Å². The summed E-state index contributed by atoms with van der Waals surface area (Å²) >= 11 is 0. The molecule has 1 aromatic rings. The first-order valence-corrected chi connectivity index (χ1v) is 4.88. The van der Waals surface area contributed by atoms with Gasteiger partial charge in [0.2, 0.25) is 0 Å². The standard InChI is InChI=1S/C9H14N4O/c1-13-8(6-11-12-13)9(14)5-7-3-2-4-10-7/h6-7,10H,2-5H2,1H3. The highest BCUT2D eigenvalue weighted by molar-refractivity contribution is 5.94. The number of hydrogen-bond acceptors (Lipinski definition) is 4. The molecule has 1 aliphatic rings. The van der Waals surface area contributed by atoms with E-state index >= 15 is 0 Å². The van der Waals surface area contributed by atoms with Crippen molar-refractivity contribution in [3.63, 3.8) is 0 Å². The Labute approximate surface area is 82.5 Å². The second-order valence-corrected chi connectivity index (χ2v) is 3.66. The van der Waals surface area contributed by atoms with E-state index in [-0.39, 0.29) is 5.78 Å². The van der Waals surface area contributed by atoms with Gasteiger partial charge in [-0.05, 0) is 19.4 Å². The van der Waals surface area contributed by atoms with Crippen molar-refractivity contribution >= 4 is 5.78 Å². The number of rotatable bonds is 3. The molecule has 14 heavy (non-hydrogen) atoms. The van der Waals surface area contributed by atoms with Gasteiger partial charge in [0, 0.05) is 19.5 Å². The Morgan fingerprint density at radius 2 is 2.64 bits per heavy atom. The summed E-state index contributed by atoms with van der Waals surface area (Å²) in [6, 6.07) is 0.345. The molecular formula is C9H14N4O. The van der Waals surface area contributed by atoms with E-state index in [1.807, 2.05) is 0 Å². The van der Waals surface area contributed by atoms with Crippen LogP contribution in [0.1, 0.15) is 29.8 Å². The minimum absolute atomic E-state index is 0.122. The van der Waals surface area contributed by atoms with Crippen molar-refractivity contribution in [2.45, 2.75) is 25.3 Å². The summed E-state index contributed by atoms with van der Waals surface area (Å²) in [5, 5.41) is 10.7. The maximum Gasteiger partial charge on any atom is 0.184 e. The van der Waals surface area contributed by atoms with Crippen molar-refractivity contribution in [1.29, 1.82) is 0 Å². The van der Waals surface area contributed by atoms with Crippen molar-refractivity contribution < 1.29 is 4.79 Å². The largest absolute Gasteiger partial charge is 0.314 e. The van der Waals surface area contributed by atoms with Crippen molar-refractivity contribution in [3.8, 4) is 0 Å². The number of carbonyl (C=O) groups excluding carboxylic acids is 1. The third kappa shape index (κ3) is 1.82. The topological polar surface area (TPSA) is 59.8 Å². The van der Waals surface area contributed by atoms with Crippen LogP contribution in [0.2, 0.25) is 0 Å². The van der Waals surface area contributed by atoms with E-state index in [2.05, 4.69) is 15.6 Å². The van der Waals surface area contributed by atoms with Gasteiger partial charge in [0.05, 0.1) is 6.20 Å². The third-order valence-corrected chi connectivity index (χ3v) is 2.59. The van der Waals surface area contributed by atoms with Crippen LogP contribution in [0.25, 0.3) is 0 Å². The van der Waals surface area contributed by atoms with E-state index in [0.29, 0.717) is 18.2 Å². The Bertz CT molecular complexity index is 327. The molecule has 5 nitrogen and oxygen atoms in total. The lowest BCUT2D eigenvalue weighted by Crippen LogP contribution is -2.25.